The Morgan fingerprint density at radius 1 is 1.23 bits per heavy atom. The molecular weight excluding hydrogens is 290 g/mol. The number of nitrogens with one attached hydrogen (secondary N) is 1. The van der Waals surface area contributed by atoms with Crippen molar-refractivity contribution >= 4 is 17.7 Å². The van der Waals surface area contributed by atoms with E-state index >= 15 is 0 Å². The number of carbonyl (C=O) groups excluding carboxylic acids is 1. The zero-order valence-electron chi connectivity index (χ0n) is 13.0. The summed E-state index contributed by atoms with van der Waals surface area (Å²) in [4.78, 5) is 13.7. The van der Waals surface area contributed by atoms with Gasteiger partial charge in [-0.1, -0.05) is 49.4 Å². The number of carbonyl (C=O) groups is 1. The lowest BCUT2D eigenvalue weighted by atomic mass is 10.0. The van der Waals surface area contributed by atoms with E-state index in [1.165, 1.54) is 16.0 Å². The maximum Gasteiger partial charge on any atom is 0.234 e. The molecule has 2 unspecified atom stereocenters. The topological polar surface area (TPSA) is 29.1 Å². The van der Waals surface area contributed by atoms with Crippen LogP contribution in [-0.2, 0) is 17.6 Å². The smallest absolute Gasteiger partial charge is 0.234 e. The third-order valence-electron chi connectivity index (χ3n) is 4.19. The predicted molar refractivity (Wildman–Crippen MR) is 92.2 cm³/mol. The van der Waals surface area contributed by atoms with Crippen molar-refractivity contribution in [2.24, 2.45) is 0 Å². The van der Waals surface area contributed by atoms with Gasteiger partial charge in [0.15, 0.2) is 0 Å². The van der Waals surface area contributed by atoms with Crippen molar-refractivity contribution in [3.05, 3.63) is 65.2 Å². The fourth-order valence-electron chi connectivity index (χ4n) is 2.76. The first-order valence-corrected chi connectivity index (χ1v) is 8.69. The lowest BCUT2D eigenvalue weighted by Gasteiger charge is -2.17. The second-order valence-corrected chi connectivity index (χ2v) is 6.99. The normalized spacial score (nSPS) is 17.8. The molecule has 1 heterocycles. The number of rotatable bonds is 4. The molecule has 0 aliphatic carbocycles. The van der Waals surface area contributed by atoms with Gasteiger partial charge in [0.25, 0.3) is 0 Å². The summed E-state index contributed by atoms with van der Waals surface area (Å²) >= 11 is 1.68. The van der Waals surface area contributed by atoms with Gasteiger partial charge < -0.3 is 5.32 Å². The number of hydrogen-bond acceptors (Lipinski definition) is 2. The molecule has 0 saturated carbocycles. The average molecular weight is 311 g/mol. The molecule has 0 radical (unpaired) electrons. The van der Waals surface area contributed by atoms with Crippen molar-refractivity contribution in [2.75, 3.05) is 0 Å². The molecule has 0 saturated heterocycles. The van der Waals surface area contributed by atoms with Crippen LogP contribution in [0.4, 0.5) is 0 Å². The molecule has 22 heavy (non-hydrogen) atoms. The maximum atomic E-state index is 12.5. The van der Waals surface area contributed by atoms with E-state index in [1.807, 2.05) is 19.1 Å². The van der Waals surface area contributed by atoms with Crippen molar-refractivity contribution in [3.63, 3.8) is 0 Å². The highest BCUT2D eigenvalue weighted by molar-refractivity contribution is 8.01. The monoisotopic (exact) mass is 311 g/mol. The van der Waals surface area contributed by atoms with Crippen LogP contribution in [0, 0.1) is 0 Å². The molecule has 3 heteroatoms. The van der Waals surface area contributed by atoms with E-state index in [9.17, 15) is 4.79 Å². The van der Waals surface area contributed by atoms with Crippen LogP contribution in [0.25, 0.3) is 0 Å². The van der Waals surface area contributed by atoms with Gasteiger partial charge in [0.2, 0.25) is 5.91 Å². The van der Waals surface area contributed by atoms with Crippen LogP contribution in [-0.4, -0.2) is 11.2 Å². The number of amides is 1. The standard InChI is InChI=1S/C19H21NOS/c1-3-14-8-10-15(11-9-14)13(2)20-19(21)18-12-16-6-4-5-7-17(16)22-18/h4-11,13,18H,3,12H2,1-2H3,(H,20,21). The van der Waals surface area contributed by atoms with Crippen LogP contribution in [0.1, 0.15) is 36.6 Å². The zero-order chi connectivity index (χ0) is 15.5. The molecule has 1 aliphatic heterocycles. The minimum absolute atomic E-state index is 0.00485. The molecule has 2 aromatic carbocycles. The van der Waals surface area contributed by atoms with Crippen molar-refractivity contribution in [1.82, 2.24) is 5.32 Å². The van der Waals surface area contributed by atoms with Gasteiger partial charge in [-0.25, -0.2) is 0 Å². The Balaban J connectivity index is 1.62. The molecule has 0 aromatic heterocycles. The maximum absolute atomic E-state index is 12.5. The van der Waals surface area contributed by atoms with E-state index in [0.717, 1.165) is 18.4 Å². The van der Waals surface area contributed by atoms with Crippen LogP contribution in [0.15, 0.2) is 53.4 Å². The molecule has 2 aromatic rings. The molecule has 2 atom stereocenters. The summed E-state index contributed by atoms with van der Waals surface area (Å²) in [5.74, 6) is 0.133. The number of hydrogen-bond donors (Lipinski definition) is 1. The molecule has 3 rings (SSSR count). The number of aryl methyl sites for hydroxylation is 1. The van der Waals surface area contributed by atoms with Gasteiger partial charge in [-0.3, -0.25) is 4.79 Å². The van der Waals surface area contributed by atoms with Crippen molar-refractivity contribution < 1.29 is 4.79 Å². The van der Waals surface area contributed by atoms with Gasteiger partial charge in [-0.15, -0.1) is 11.8 Å². The Kier molecular flexibility index (Phi) is 4.53. The van der Waals surface area contributed by atoms with E-state index in [0.29, 0.717) is 0 Å². The number of fused-ring (bicyclic) bond motifs is 1. The van der Waals surface area contributed by atoms with Crippen LogP contribution in [0.2, 0.25) is 0 Å². The average Bonchev–Trinajstić information content (AvgIpc) is 2.99. The summed E-state index contributed by atoms with van der Waals surface area (Å²) < 4.78 is 0. The van der Waals surface area contributed by atoms with Crippen LogP contribution >= 0.6 is 11.8 Å². The molecule has 114 valence electrons. The minimum atomic E-state index is -0.00485. The zero-order valence-corrected chi connectivity index (χ0v) is 13.8. The Morgan fingerprint density at radius 3 is 2.64 bits per heavy atom. The van der Waals surface area contributed by atoms with E-state index in [4.69, 9.17) is 0 Å². The molecule has 0 fully saturated rings. The van der Waals surface area contributed by atoms with Gasteiger partial charge in [0.1, 0.15) is 0 Å². The van der Waals surface area contributed by atoms with Gasteiger partial charge >= 0.3 is 0 Å². The minimum Gasteiger partial charge on any atom is -0.349 e. The van der Waals surface area contributed by atoms with Gasteiger partial charge in [0.05, 0.1) is 11.3 Å². The van der Waals surface area contributed by atoms with E-state index in [1.54, 1.807) is 11.8 Å². The summed E-state index contributed by atoms with van der Waals surface area (Å²) in [6.07, 6.45) is 1.87. The Labute approximate surface area is 136 Å². The van der Waals surface area contributed by atoms with Gasteiger partial charge in [0, 0.05) is 4.90 Å². The summed E-state index contributed by atoms with van der Waals surface area (Å²) in [6.45, 7) is 4.20. The highest BCUT2D eigenvalue weighted by atomic mass is 32.2. The molecular formula is C19H21NOS. The SMILES string of the molecule is CCc1ccc(C(C)NC(=O)C2Cc3ccccc3S2)cc1. The lowest BCUT2D eigenvalue weighted by molar-refractivity contribution is -0.121. The molecule has 1 amide bonds. The first-order valence-electron chi connectivity index (χ1n) is 7.81. The second kappa shape index (κ2) is 6.57. The third kappa shape index (κ3) is 3.20. The van der Waals surface area contributed by atoms with E-state index < -0.39 is 0 Å². The van der Waals surface area contributed by atoms with Crippen LogP contribution in [0.3, 0.4) is 0 Å². The third-order valence-corrected chi connectivity index (χ3v) is 5.50. The summed E-state index contributed by atoms with van der Waals surface area (Å²) in [7, 11) is 0. The largest absolute Gasteiger partial charge is 0.349 e. The predicted octanol–water partition coefficient (Wildman–Crippen LogP) is 4.14. The summed E-state index contributed by atoms with van der Waals surface area (Å²) in [6, 6.07) is 16.8. The summed E-state index contributed by atoms with van der Waals surface area (Å²) in [5, 5.41) is 3.15. The summed E-state index contributed by atoms with van der Waals surface area (Å²) in [5.41, 5.74) is 3.77. The Bertz CT molecular complexity index is 640. The van der Waals surface area contributed by atoms with Crippen LogP contribution < -0.4 is 5.32 Å². The molecule has 1 N–H and O–H groups in total. The van der Waals surface area contributed by atoms with Crippen molar-refractivity contribution in [1.29, 1.82) is 0 Å². The van der Waals surface area contributed by atoms with Crippen molar-refractivity contribution in [3.8, 4) is 0 Å². The van der Waals surface area contributed by atoms with Gasteiger partial charge in [-0.05, 0) is 42.5 Å². The van der Waals surface area contributed by atoms with Crippen LogP contribution in [0.5, 0.6) is 0 Å². The molecule has 1 aliphatic rings. The first kappa shape index (κ1) is 15.2. The Morgan fingerprint density at radius 2 is 1.95 bits per heavy atom. The lowest BCUT2D eigenvalue weighted by Crippen LogP contribution is -2.34. The number of thioether (sulfide) groups is 1. The highest BCUT2D eigenvalue weighted by Gasteiger charge is 2.28. The molecule has 0 bridgehead atoms. The number of benzene rings is 2. The fraction of sp³-hybridized carbons (Fsp3) is 0.316. The van der Waals surface area contributed by atoms with E-state index in [-0.39, 0.29) is 17.2 Å². The highest BCUT2D eigenvalue weighted by Crippen LogP contribution is 2.37. The second-order valence-electron chi connectivity index (χ2n) is 5.74. The molecule has 2 nitrogen and oxygen atoms in total. The first-order chi connectivity index (χ1) is 10.7. The van der Waals surface area contributed by atoms with Gasteiger partial charge in [-0.2, -0.15) is 0 Å². The quantitative estimate of drug-likeness (QED) is 0.919. The van der Waals surface area contributed by atoms with E-state index in [2.05, 4.69) is 48.6 Å². The fourth-order valence-corrected chi connectivity index (χ4v) is 3.96. The molecule has 0 spiro atoms. The Hall–Kier alpha value is -1.74. The van der Waals surface area contributed by atoms with Crippen molar-refractivity contribution in [2.45, 2.75) is 42.9 Å².